The quantitative estimate of drug-likeness (QED) is 0.504. The Morgan fingerprint density at radius 1 is 1.20 bits per heavy atom. The lowest BCUT2D eigenvalue weighted by Crippen LogP contribution is -2.10. The van der Waals surface area contributed by atoms with E-state index in [1.165, 1.54) is 18.4 Å². The molecule has 2 aromatic carbocycles. The molecule has 0 atom stereocenters. The number of fused-ring (bicyclic) bond motifs is 3. The Bertz CT molecular complexity index is 1140. The van der Waals surface area contributed by atoms with E-state index in [9.17, 15) is 4.79 Å². The third-order valence-electron chi connectivity index (χ3n) is 5.99. The molecule has 0 radical (unpaired) electrons. The molecule has 4 nitrogen and oxygen atoms in total. The molecule has 1 aliphatic carbocycles. The lowest BCUT2D eigenvalue weighted by atomic mass is 9.94. The second-order valence-electron chi connectivity index (χ2n) is 8.05. The molecule has 1 heterocycles. The first-order valence-corrected chi connectivity index (χ1v) is 10.7. The van der Waals surface area contributed by atoms with Gasteiger partial charge in [0, 0.05) is 40.8 Å². The molecule has 0 saturated carbocycles. The van der Waals surface area contributed by atoms with Gasteiger partial charge in [-0.3, -0.25) is 4.79 Å². The number of furan rings is 1. The summed E-state index contributed by atoms with van der Waals surface area (Å²) in [5.74, 6) is 1.72. The number of rotatable bonds is 5. The molecule has 1 N–H and O–H groups in total. The highest BCUT2D eigenvalue weighted by molar-refractivity contribution is 6.05. The molecule has 1 aromatic heterocycles. The number of nitrogens with one attached hydrogen (secondary N) is 1. The third-order valence-corrected chi connectivity index (χ3v) is 5.99. The highest BCUT2D eigenvalue weighted by atomic mass is 16.5. The number of carbonyl (C=O) groups excluding carboxylic acids is 1. The van der Waals surface area contributed by atoms with Crippen LogP contribution in [0.15, 0.2) is 40.8 Å². The predicted octanol–water partition coefficient (Wildman–Crippen LogP) is 6.37. The molecule has 0 fully saturated rings. The summed E-state index contributed by atoms with van der Waals surface area (Å²) in [5.41, 5.74) is 7.08. The minimum atomic E-state index is -0.141. The van der Waals surface area contributed by atoms with Crippen LogP contribution in [0.3, 0.4) is 0 Å². The lowest BCUT2D eigenvalue weighted by Gasteiger charge is -2.13. The van der Waals surface area contributed by atoms with Gasteiger partial charge < -0.3 is 14.5 Å². The van der Waals surface area contributed by atoms with E-state index in [1.54, 1.807) is 6.08 Å². The number of aryl methyl sites for hydroxylation is 3. The van der Waals surface area contributed by atoms with Crippen LogP contribution in [-0.2, 0) is 17.6 Å². The van der Waals surface area contributed by atoms with Gasteiger partial charge in [0.05, 0.1) is 6.61 Å². The number of amides is 1. The van der Waals surface area contributed by atoms with Crippen molar-refractivity contribution in [3.63, 3.8) is 0 Å². The number of benzene rings is 2. The van der Waals surface area contributed by atoms with Crippen molar-refractivity contribution in [3.8, 4) is 5.75 Å². The maximum absolute atomic E-state index is 12.7. The van der Waals surface area contributed by atoms with E-state index in [1.807, 2.05) is 52.0 Å². The molecule has 1 amide bonds. The van der Waals surface area contributed by atoms with Crippen LogP contribution in [0.25, 0.3) is 16.5 Å². The van der Waals surface area contributed by atoms with Gasteiger partial charge in [0.25, 0.3) is 0 Å². The SMILES string of the molecule is CCOc1cc2oc3c(c2cc1/C(C)=C/C(=O)Nc1cccc(C)c1C)CCCC3. The molecule has 4 rings (SSSR count). The molecule has 1 aliphatic rings. The Labute approximate surface area is 177 Å². The normalized spacial score (nSPS) is 13.9. The van der Waals surface area contributed by atoms with Crippen molar-refractivity contribution in [3.05, 3.63) is 64.4 Å². The molecule has 0 unspecified atom stereocenters. The largest absolute Gasteiger partial charge is 0.493 e. The topological polar surface area (TPSA) is 51.5 Å². The van der Waals surface area contributed by atoms with Gasteiger partial charge in [0.1, 0.15) is 17.1 Å². The van der Waals surface area contributed by atoms with Crippen molar-refractivity contribution in [2.45, 2.75) is 53.4 Å². The van der Waals surface area contributed by atoms with E-state index < -0.39 is 0 Å². The minimum absolute atomic E-state index is 0.141. The fourth-order valence-corrected chi connectivity index (χ4v) is 4.20. The van der Waals surface area contributed by atoms with Crippen LogP contribution in [-0.4, -0.2) is 12.5 Å². The summed E-state index contributed by atoms with van der Waals surface area (Å²) in [6.07, 6.45) is 6.06. The average Bonchev–Trinajstić information content (AvgIpc) is 3.08. The first-order valence-electron chi connectivity index (χ1n) is 10.7. The molecule has 0 aliphatic heterocycles. The first-order chi connectivity index (χ1) is 14.5. The van der Waals surface area contributed by atoms with Crippen LogP contribution in [0.1, 0.15) is 54.7 Å². The number of hydrogen-bond acceptors (Lipinski definition) is 3. The van der Waals surface area contributed by atoms with Gasteiger partial charge in [-0.05, 0) is 75.8 Å². The van der Waals surface area contributed by atoms with E-state index in [2.05, 4.69) is 11.4 Å². The standard InChI is InChI=1S/C26H29NO3/c1-5-29-24-15-25-21(19-10-6-7-12-23(19)30-25)14-20(24)17(3)13-26(28)27-22-11-8-9-16(2)18(22)4/h8-9,11,13-15H,5-7,10,12H2,1-4H3,(H,27,28)/b17-13+. The fourth-order valence-electron chi connectivity index (χ4n) is 4.20. The number of anilines is 1. The summed E-state index contributed by atoms with van der Waals surface area (Å²) in [5, 5.41) is 4.15. The maximum atomic E-state index is 12.7. The van der Waals surface area contributed by atoms with Crippen LogP contribution in [0.4, 0.5) is 5.69 Å². The van der Waals surface area contributed by atoms with Crippen molar-refractivity contribution in [2.24, 2.45) is 0 Å². The zero-order valence-electron chi connectivity index (χ0n) is 18.2. The zero-order valence-corrected chi connectivity index (χ0v) is 18.2. The predicted molar refractivity (Wildman–Crippen MR) is 122 cm³/mol. The van der Waals surface area contributed by atoms with Gasteiger partial charge >= 0.3 is 0 Å². The Morgan fingerprint density at radius 3 is 2.80 bits per heavy atom. The summed E-state index contributed by atoms with van der Waals surface area (Å²) in [7, 11) is 0. The summed E-state index contributed by atoms with van der Waals surface area (Å²) in [6, 6.07) is 10.0. The second-order valence-corrected chi connectivity index (χ2v) is 8.05. The number of allylic oxidation sites excluding steroid dienone is 1. The van der Waals surface area contributed by atoms with Gasteiger partial charge in [-0.15, -0.1) is 0 Å². The lowest BCUT2D eigenvalue weighted by molar-refractivity contribution is -0.111. The number of hydrogen-bond donors (Lipinski definition) is 1. The molecule has 0 bridgehead atoms. The highest BCUT2D eigenvalue weighted by Crippen LogP contribution is 2.38. The van der Waals surface area contributed by atoms with E-state index in [4.69, 9.17) is 9.15 Å². The molecule has 30 heavy (non-hydrogen) atoms. The smallest absolute Gasteiger partial charge is 0.248 e. The van der Waals surface area contributed by atoms with Gasteiger partial charge in [-0.1, -0.05) is 12.1 Å². The Morgan fingerprint density at radius 2 is 2.00 bits per heavy atom. The van der Waals surface area contributed by atoms with Gasteiger partial charge in [0.2, 0.25) is 5.91 Å². The van der Waals surface area contributed by atoms with Crippen LogP contribution in [0, 0.1) is 13.8 Å². The molecule has 156 valence electrons. The van der Waals surface area contributed by atoms with E-state index in [0.717, 1.165) is 63.3 Å². The Hall–Kier alpha value is -3.01. The molecule has 4 heteroatoms. The summed E-state index contributed by atoms with van der Waals surface area (Å²) in [6.45, 7) is 8.54. The first kappa shape index (κ1) is 20.3. The monoisotopic (exact) mass is 403 g/mol. The maximum Gasteiger partial charge on any atom is 0.248 e. The Balaban J connectivity index is 1.70. The number of ether oxygens (including phenoxy) is 1. The van der Waals surface area contributed by atoms with Crippen LogP contribution in [0.2, 0.25) is 0 Å². The van der Waals surface area contributed by atoms with Crippen molar-refractivity contribution in [2.75, 3.05) is 11.9 Å². The van der Waals surface area contributed by atoms with E-state index >= 15 is 0 Å². The van der Waals surface area contributed by atoms with Crippen molar-refractivity contribution in [1.29, 1.82) is 0 Å². The molecule has 0 spiro atoms. The van der Waals surface area contributed by atoms with Gasteiger partial charge in [0.15, 0.2) is 0 Å². The third kappa shape index (κ3) is 3.87. The number of carbonyl (C=O) groups is 1. The van der Waals surface area contributed by atoms with Gasteiger partial charge in [-0.25, -0.2) is 0 Å². The molecule has 3 aromatic rings. The van der Waals surface area contributed by atoms with Crippen LogP contribution < -0.4 is 10.1 Å². The Kier molecular flexibility index (Phi) is 5.67. The van der Waals surface area contributed by atoms with Gasteiger partial charge in [-0.2, -0.15) is 0 Å². The molecule has 0 saturated heterocycles. The summed E-state index contributed by atoms with van der Waals surface area (Å²) in [4.78, 5) is 12.7. The summed E-state index contributed by atoms with van der Waals surface area (Å²) < 4.78 is 12.0. The fraction of sp³-hybridized carbons (Fsp3) is 0.346. The zero-order chi connectivity index (χ0) is 21.3. The van der Waals surface area contributed by atoms with Crippen LogP contribution >= 0.6 is 0 Å². The van der Waals surface area contributed by atoms with Crippen molar-refractivity contribution in [1.82, 2.24) is 0 Å². The molecular weight excluding hydrogens is 374 g/mol. The second kappa shape index (κ2) is 8.39. The highest BCUT2D eigenvalue weighted by Gasteiger charge is 2.20. The van der Waals surface area contributed by atoms with Crippen molar-refractivity contribution < 1.29 is 13.9 Å². The summed E-state index contributed by atoms with van der Waals surface area (Å²) >= 11 is 0. The molecular formula is C26H29NO3. The van der Waals surface area contributed by atoms with Crippen LogP contribution in [0.5, 0.6) is 5.75 Å². The van der Waals surface area contributed by atoms with Crippen molar-refractivity contribution >= 4 is 28.1 Å². The van der Waals surface area contributed by atoms with E-state index in [-0.39, 0.29) is 5.91 Å². The average molecular weight is 404 g/mol. The van der Waals surface area contributed by atoms with E-state index in [0.29, 0.717) is 6.61 Å². The minimum Gasteiger partial charge on any atom is -0.493 e.